The Morgan fingerprint density at radius 2 is 2.14 bits per heavy atom. The van der Waals surface area contributed by atoms with Crippen LogP contribution in [0.4, 0.5) is 4.79 Å². The van der Waals surface area contributed by atoms with E-state index in [1.54, 1.807) is 6.92 Å². The summed E-state index contributed by atoms with van der Waals surface area (Å²) >= 11 is 0. The van der Waals surface area contributed by atoms with Gasteiger partial charge in [0.25, 0.3) is 0 Å². The number of likely N-dealkylation sites (tertiary alicyclic amines) is 1. The Hall–Kier alpha value is -2.12. The van der Waals surface area contributed by atoms with Gasteiger partial charge >= 0.3 is 12.0 Å². The van der Waals surface area contributed by atoms with Gasteiger partial charge in [-0.2, -0.15) is 5.10 Å². The summed E-state index contributed by atoms with van der Waals surface area (Å²) in [5.74, 6) is 0.405. The van der Waals surface area contributed by atoms with Crippen molar-refractivity contribution in [2.45, 2.75) is 46.1 Å². The number of H-pyrrole nitrogens is 1. The van der Waals surface area contributed by atoms with Crippen LogP contribution in [0.25, 0.3) is 0 Å². The third-order valence-corrected chi connectivity index (χ3v) is 3.89. The number of carbonyl (C=O) groups is 2. The van der Waals surface area contributed by atoms with E-state index in [-0.39, 0.29) is 24.5 Å². The average molecular weight is 309 g/mol. The van der Waals surface area contributed by atoms with Gasteiger partial charge in [0.2, 0.25) is 0 Å². The summed E-state index contributed by atoms with van der Waals surface area (Å²) in [5, 5.41) is 18.9. The fourth-order valence-corrected chi connectivity index (χ4v) is 2.29. The zero-order chi connectivity index (χ0) is 16.5. The van der Waals surface area contributed by atoms with Gasteiger partial charge in [0.15, 0.2) is 5.82 Å². The molecule has 1 fully saturated rings. The molecule has 1 atom stereocenters. The Labute approximate surface area is 129 Å². The number of nitrogens with one attached hydrogen (secondary N) is 2. The molecule has 2 amide bonds. The molecule has 0 radical (unpaired) electrons. The highest BCUT2D eigenvalue weighted by Gasteiger charge is 2.42. The molecule has 0 spiro atoms. The topological polar surface area (TPSA) is 111 Å². The van der Waals surface area contributed by atoms with E-state index in [2.05, 4.69) is 20.5 Å². The quantitative estimate of drug-likeness (QED) is 0.774. The van der Waals surface area contributed by atoms with Crippen molar-refractivity contribution in [3.63, 3.8) is 0 Å². The maximum atomic E-state index is 12.1. The van der Waals surface area contributed by atoms with E-state index < -0.39 is 11.4 Å². The van der Waals surface area contributed by atoms with Crippen LogP contribution in [0.3, 0.4) is 0 Å². The molecule has 1 aliphatic heterocycles. The number of carbonyl (C=O) groups excluding carboxylic acids is 1. The second-order valence-corrected chi connectivity index (χ2v) is 7.05. The summed E-state index contributed by atoms with van der Waals surface area (Å²) in [6, 6.07) is -0.279. The number of nitrogens with zero attached hydrogens (tertiary/aromatic N) is 3. The summed E-state index contributed by atoms with van der Waals surface area (Å²) in [5.41, 5.74) is -1.01. The van der Waals surface area contributed by atoms with Crippen LogP contribution in [-0.2, 0) is 16.8 Å². The van der Waals surface area contributed by atoms with Crippen molar-refractivity contribution in [1.82, 2.24) is 25.4 Å². The number of carboxylic acids is 1. The highest BCUT2D eigenvalue weighted by Crippen LogP contribution is 2.29. The van der Waals surface area contributed by atoms with Crippen LogP contribution in [-0.4, -0.2) is 50.3 Å². The summed E-state index contributed by atoms with van der Waals surface area (Å²) in [6.45, 7) is 8.59. The molecule has 8 nitrogen and oxygen atoms in total. The molecule has 1 aliphatic rings. The van der Waals surface area contributed by atoms with E-state index in [1.807, 2.05) is 20.8 Å². The van der Waals surface area contributed by atoms with E-state index in [4.69, 9.17) is 0 Å². The van der Waals surface area contributed by atoms with Crippen LogP contribution in [0, 0.1) is 5.41 Å². The third kappa shape index (κ3) is 3.37. The van der Waals surface area contributed by atoms with E-state index in [0.717, 1.165) is 0 Å². The molecule has 3 N–H and O–H groups in total. The number of rotatable bonds is 3. The van der Waals surface area contributed by atoms with Gasteiger partial charge in [0, 0.05) is 18.5 Å². The van der Waals surface area contributed by atoms with Crippen molar-refractivity contribution < 1.29 is 14.7 Å². The van der Waals surface area contributed by atoms with Gasteiger partial charge in [0.05, 0.1) is 12.0 Å². The van der Waals surface area contributed by atoms with E-state index >= 15 is 0 Å². The van der Waals surface area contributed by atoms with Crippen LogP contribution in [0.5, 0.6) is 0 Å². The first kappa shape index (κ1) is 16.3. The first-order valence-corrected chi connectivity index (χ1v) is 7.30. The van der Waals surface area contributed by atoms with Crippen LogP contribution >= 0.6 is 0 Å². The largest absolute Gasteiger partial charge is 0.481 e. The first-order valence-electron chi connectivity index (χ1n) is 7.30. The van der Waals surface area contributed by atoms with Crippen molar-refractivity contribution >= 4 is 12.0 Å². The lowest BCUT2D eigenvalue weighted by atomic mass is 9.90. The summed E-state index contributed by atoms with van der Waals surface area (Å²) in [4.78, 5) is 29.1. The van der Waals surface area contributed by atoms with Crippen LogP contribution in [0.1, 0.15) is 45.8 Å². The third-order valence-electron chi connectivity index (χ3n) is 3.89. The Morgan fingerprint density at radius 3 is 2.64 bits per heavy atom. The van der Waals surface area contributed by atoms with E-state index in [9.17, 15) is 14.7 Å². The van der Waals surface area contributed by atoms with Gasteiger partial charge in [0.1, 0.15) is 5.82 Å². The minimum Gasteiger partial charge on any atom is -0.481 e. The number of hydrogen-bond acceptors (Lipinski definition) is 4. The van der Waals surface area contributed by atoms with Gasteiger partial charge in [-0.3, -0.25) is 9.89 Å². The summed E-state index contributed by atoms with van der Waals surface area (Å²) in [6.07, 6.45) is 0.465. The molecule has 22 heavy (non-hydrogen) atoms. The van der Waals surface area contributed by atoms with Crippen molar-refractivity contribution in [1.29, 1.82) is 0 Å². The lowest BCUT2D eigenvalue weighted by Gasteiger charge is -2.20. The lowest BCUT2D eigenvalue weighted by molar-refractivity contribution is -0.147. The standard InChI is InChI=1S/C14H23N5O3/c1-13(2,3)10-16-9(17-18-10)7-15-12(22)19-6-5-14(4,8-19)11(20)21/h5-8H2,1-4H3,(H,15,22)(H,20,21)(H,16,17,18). The molecule has 2 heterocycles. The maximum absolute atomic E-state index is 12.1. The Kier molecular flexibility index (Phi) is 4.12. The number of carboxylic acid groups (broad SMARTS) is 1. The molecule has 0 aliphatic carbocycles. The van der Waals surface area contributed by atoms with E-state index in [1.165, 1.54) is 4.90 Å². The van der Waals surface area contributed by atoms with Gasteiger partial charge in [-0.15, -0.1) is 0 Å². The smallest absolute Gasteiger partial charge is 0.317 e. The molecule has 1 saturated heterocycles. The van der Waals surface area contributed by atoms with Crippen molar-refractivity contribution in [2.24, 2.45) is 5.41 Å². The molecule has 0 bridgehead atoms. The molecule has 8 heteroatoms. The molecule has 1 aromatic heterocycles. The fraction of sp³-hybridized carbons (Fsp3) is 0.714. The number of urea groups is 1. The Morgan fingerprint density at radius 1 is 1.45 bits per heavy atom. The molecule has 0 saturated carbocycles. The molecule has 1 unspecified atom stereocenters. The molecule has 1 aromatic rings. The number of amides is 2. The minimum absolute atomic E-state index is 0.156. The van der Waals surface area contributed by atoms with Gasteiger partial charge < -0.3 is 15.3 Å². The lowest BCUT2D eigenvalue weighted by Crippen LogP contribution is -2.40. The summed E-state index contributed by atoms with van der Waals surface area (Å²) < 4.78 is 0. The van der Waals surface area contributed by atoms with Crippen LogP contribution in [0.2, 0.25) is 0 Å². The monoisotopic (exact) mass is 309 g/mol. The van der Waals surface area contributed by atoms with Gasteiger partial charge in [-0.1, -0.05) is 20.8 Å². The Bertz CT molecular complexity index is 577. The normalized spacial score (nSPS) is 21.9. The molecule has 122 valence electrons. The number of aromatic amines is 1. The highest BCUT2D eigenvalue weighted by molar-refractivity contribution is 5.79. The minimum atomic E-state index is -0.868. The Balaban J connectivity index is 1.89. The highest BCUT2D eigenvalue weighted by atomic mass is 16.4. The van der Waals surface area contributed by atoms with Gasteiger partial charge in [-0.25, -0.2) is 9.78 Å². The van der Waals surface area contributed by atoms with Crippen LogP contribution in [0.15, 0.2) is 0 Å². The second kappa shape index (κ2) is 5.58. The summed E-state index contributed by atoms with van der Waals surface area (Å²) in [7, 11) is 0. The zero-order valence-electron chi connectivity index (χ0n) is 13.4. The zero-order valence-corrected chi connectivity index (χ0v) is 13.4. The predicted molar refractivity (Wildman–Crippen MR) is 79.3 cm³/mol. The SMILES string of the molecule is CC1(C(=O)O)CCN(C(=O)NCc2nc(C(C)(C)C)n[nH]2)C1. The maximum Gasteiger partial charge on any atom is 0.317 e. The van der Waals surface area contributed by atoms with Crippen molar-refractivity contribution in [2.75, 3.05) is 13.1 Å². The van der Waals surface area contributed by atoms with Crippen LogP contribution < -0.4 is 5.32 Å². The molecule has 2 rings (SSSR count). The number of hydrogen-bond donors (Lipinski definition) is 3. The molecular formula is C14H23N5O3. The average Bonchev–Trinajstić information content (AvgIpc) is 3.03. The first-order chi connectivity index (χ1) is 10.1. The predicted octanol–water partition coefficient (Wildman–Crippen LogP) is 1.11. The van der Waals surface area contributed by atoms with E-state index in [0.29, 0.717) is 24.6 Å². The molecule has 0 aromatic carbocycles. The number of aromatic nitrogens is 3. The molecular weight excluding hydrogens is 286 g/mol. The van der Waals surface area contributed by atoms with Crippen molar-refractivity contribution in [3.8, 4) is 0 Å². The number of aliphatic carboxylic acids is 1. The van der Waals surface area contributed by atoms with Crippen molar-refractivity contribution in [3.05, 3.63) is 11.6 Å². The van der Waals surface area contributed by atoms with Gasteiger partial charge in [-0.05, 0) is 13.3 Å². The fourth-order valence-electron chi connectivity index (χ4n) is 2.29. The second-order valence-electron chi connectivity index (χ2n) is 7.05.